The predicted molar refractivity (Wildman–Crippen MR) is 103 cm³/mol. The molecule has 3 aromatic rings. The Morgan fingerprint density at radius 3 is 2.56 bits per heavy atom. The van der Waals surface area contributed by atoms with Gasteiger partial charge in [-0.15, -0.1) is 5.10 Å². The van der Waals surface area contributed by atoms with Gasteiger partial charge in [-0.2, -0.15) is 4.68 Å². The Labute approximate surface area is 161 Å². The van der Waals surface area contributed by atoms with Crippen LogP contribution in [0.5, 0.6) is 11.5 Å². The molecule has 1 aromatic heterocycles. The molecule has 0 spiro atoms. The fraction of sp³-hybridized carbons (Fsp3) is 0.263. The third kappa shape index (κ3) is 4.11. The number of carbonyl (C=O) groups is 1. The van der Waals surface area contributed by atoms with Gasteiger partial charge in [-0.05, 0) is 60.2 Å². The molecule has 0 aliphatic rings. The van der Waals surface area contributed by atoms with Crippen molar-refractivity contribution in [2.75, 3.05) is 14.2 Å². The highest BCUT2D eigenvalue weighted by Gasteiger charge is 2.15. The normalized spacial score (nSPS) is 10.7. The summed E-state index contributed by atoms with van der Waals surface area (Å²) in [4.78, 5) is 11.7. The second-order valence-electron chi connectivity index (χ2n) is 5.92. The van der Waals surface area contributed by atoms with E-state index in [0.717, 1.165) is 22.6 Å². The van der Waals surface area contributed by atoms with Gasteiger partial charge < -0.3 is 9.47 Å². The van der Waals surface area contributed by atoms with E-state index in [1.54, 1.807) is 38.0 Å². The van der Waals surface area contributed by atoms with E-state index in [-0.39, 0.29) is 5.78 Å². The summed E-state index contributed by atoms with van der Waals surface area (Å²) < 4.78 is 12.5. The molecule has 0 N–H and O–H groups in total. The average Bonchev–Trinajstić information content (AvgIpc) is 3.14. The van der Waals surface area contributed by atoms with Crippen molar-refractivity contribution in [2.45, 2.75) is 24.8 Å². The van der Waals surface area contributed by atoms with Gasteiger partial charge in [-0.1, -0.05) is 17.8 Å². The lowest BCUT2D eigenvalue weighted by atomic mass is 10.1. The lowest BCUT2D eigenvalue weighted by Crippen LogP contribution is -2.03. The van der Waals surface area contributed by atoms with Crippen LogP contribution < -0.4 is 9.47 Å². The van der Waals surface area contributed by atoms with Crippen molar-refractivity contribution in [1.82, 2.24) is 20.2 Å². The summed E-state index contributed by atoms with van der Waals surface area (Å²) in [6.45, 7) is 3.54. The number of methoxy groups -OCH3 is 2. The maximum atomic E-state index is 11.7. The molecule has 0 fully saturated rings. The Kier molecular flexibility index (Phi) is 5.75. The number of aromatic nitrogens is 4. The minimum absolute atomic E-state index is 0.0123. The van der Waals surface area contributed by atoms with Crippen LogP contribution in [0, 0.1) is 6.92 Å². The van der Waals surface area contributed by atoms with Crippen molar-refractivity contribution in [3.05, 3.63) is 53.1 Å². The SMILES string of the molecule is COc1ccc(C(C)=O)cc1CSc1nnnn1-c1cc(C)ccc1OC. The van der Waals surface area contributed by atoms with E-state index >= 15 is 0 Å². The van der Waals surface area contributed by atoms with E-state index < -0.39 is 0 Å². The molecule has 0 aliphatic heterocycles. The number of benzene rings is 2. The number of rotatable bonds is 7. The van der Waals surface area contributed by atoms with Crippen LogP contribution in [0.25, 0.3) is 5.69 Å². The van der Waals surface area contributed by atoms with Crippen LogP contribution in [-0.2, 0) is 5.75 Å². The predicted octanol–water partition coefficient (Wildman–Crippen LogP) is 3.48. The highest BCUT2D eigenvalue weighted by Crippen LogP contribution is 2.31. The molecule has 27 heavy (non-hydrogen) atoms. The van der Waals surface area contributed by atoms with E-state index in [2.05, 4.69) is 15.5 Å². The third-order valence-corrected chi connectivity index (χ3v) is 5.02. The number of Topliss-reactive ketones (excluding diaryl/α,β-unsaturated/α-hetero) is 1. The molecule has 0 radical (unpaired) electrons. The highest BCUT2D eigenvalue weighted by molar-refractivity contribution is 7.98. The summed E-state index contributed by atoms with van der Waals surface area (Å²) in [5, 5.41) is 12.7. The van der Waals surface area contributed by atoms with Crippen LogP contribution in [0.2, 0.25) is 0 Å². The largest absolute Gasteiger partial charge is 0.496 e. The zero-order chi connectivity index (χ0) is 19.4. The number of thioether (sulfide) groups is 1. The van der Waals surface area contributed by atoms with Crippen LogP contribution in [-0.4, -0.2) is 40.2 Å². The van der Waals surface area contributed by atoms with Gasteiger partial charge in [0.25, 0.3) is 0 Å². The fourth-order valence-electron chi connectivity index (χ4n) is 2.64. The first kappa shape index (κ1) is 18.9. The molecule has 3 rings (SSSR count). The molecule has 0 bridgehead atoms. The fourth-order valence-corrected chi connectivity index (χ4v) is 3.50. The minimum Gasteiger partial charge on any atom is -0.496 e. The lowest BCUT2D eigenvalue weighted by Gasteiger charge is -2.11. The minimum atomic E-state index is 0.0123. The molecular weight excluding hydrogens is 364 g/mol. The average molecular weight is 384 g/mol. The van der Waals surface area contributed by atoms with Crippen molar-refractivity contribution in [3.8, 4) is 17.2 Å². The first-order valence-electron chi connectivity index (χ1n) is 8.27. The second-order valence-corrected chi connectivity index (χ2v) is 6.86. The maximum absolute atomic E-state index is 11.7. The summed E-state index contributed by atoms with van der Waals surface area (Å²) in [6, 6.07) is 11.2. The Morgan fingerprint density at radius 2 is 1.85 bits per heavy atom. The lowest BCUT2D eigenvalue weighted by molar-refractivity contribution is 0.101. The van der Waals surface area contributed by atoms with Crippen LogP contribution in [0.15, 0.2) is 41.6 Å². The monoisotopic (exact) mass is 384 g/mol. The number of ether oxygens (including phenoxy) is 2. The van der Waals surface area contributed by atoms with E-state index in [1.807, 2.05) is 31.2 Å². The summed E-state index contributed by atoms with van der Waals surface area (Å²) in [6.07, 6.45) is 0. The van der Waals surface area contributed by atoms with Crippen molar-refractivity contribution in [2.24, 2.45) is 0 Å². The molecule has 0 amide bonds. The van der Waals surface area contributed by atoms with E-state index in [1.165, 1.54) is 11.8 Å². The van der Waals surface area contributed by atoms with Gasteiger partial charge in [-0.3, -0.25) is 4.79 Å². The molecule has 140 valence electrons. The van der Waals surface area contributed by atoms with Crippen molar-refractivity contribution in [3.63, 3.8) is 0 Å². The van der Waals surface area contributed by atoms with Gasteiger partial charge in [0.15, 0.2) is 5.78 Å². The Balaban J connectivity index is 1.90. The molecule has 2 aromatic carbocycles. The van der Waals surface area contributed by atoms with Gasteiger partial charge in [0, 0.05) is 16.9 Å². The number of aryl methyl sites for hydroxylation is 1. The Bertz CT molecular complexity index is 971. The van der Waals surface area contributed by atoms with Gasteiger partial charge >= 0.3 is 0 Å². The smallest absolute Gasteiger partial charge is 0.214 e. The van der Waals surface area contributed by atoms with Crippen molar-refractivity contribution < 1.29 is 14.3 Å². The maximum Gasteiger partial charge on any atom is 0.214 e. The number of ketones is 1. The zero-order valence-corrected chi connectivity index (χ0v) is 16.4. The number of nitrogens with zero attached hydrogens (tertiary/aromatic N) is 4. The molecule has 0 unspecified atom stereocenters. The third-order valence-electron chi connectivity index (χ3n) is 4.05. The first-order chi connectivity index (χ1) is 13.0. The standard InChI is InChI=1S/C19H20N4O3S/c1-12-5-7-18(26-4)16(9-12)23-19(20-21-22-23)27-11-15-10-14(13(2)24)6-8-17(15)25-3/h5-10H,11H2,1-4H3. The first-order valence-corrected chi connectivity index (χ1v) is 9.26. The Hall–Kier alpha value is -2.87. The molecule has 0 saturated carbocycles. The Morgan fingerprint density at radius 1 is 1.11 bits per heavy atom. The van der Waals surface area contributed by atoms with Gasteiger partial charge in [0.05, 0.1) is 14.2 Å². The van der Waals surface area contributed by atoms with Gasteiger partial charge in [0.1, 0.15) is 17.2 Å². The molecule has 8 heteroatoms. The van der Waals surface area contributed by atoms with Crippen molar-refractivity contribution >= 4 is 17.5 Å². The van der Waals surface area contributed by atoms with Crippen LogP contribution in [0.4, 0.5) is 0 Å². The van der Waals surface area contributed by atoms with Crippen LogP contribution in [0.3, 0.4) is 0 Å². The van der Waals surface area contributed by atoms with E-state index in [9.17, 15) is 4.79 Å². The van der Waals surface area contributed by atoms with E-state index in [4.69, 9.17) is 9.47 Å². The second kappa shape index (κ2) is 8.22. The summed E-state index contributed by atoms with van der Waals surface area (Å²) in [7, 11) is 3.22. The quantitative estimate of drug-likeness (QED) is 0.456. The summed E-state index contributed by atoms with van der Waals surface area (Å²) >= 11 is 1.46. The molecule has 7 nitrogen and oxygen atoms in total. The molecule has 0 aliphatic carbocycles. The number of tetrazole rings is 1. The number of hydrogen-bond acceptors (Lipinski definition) is 7. The molecule has 0 atom stereocenters. The van der Waals surface area contributed by atoms with Gasteiger partial charge in [-0.25, -0.2) is 0 Å². The zero-order valence-electron chi connectivity index (χ0n) is 15.6. The number of carbonyl (C=O) groups excluding carboxylic acids is 1. The highest BCUT2D eigenvalue weighted by atomic mass is 32.2. The van der Waals surface area contributed by atoms with E-state index in [0.29, 0.717) is 22.2 Å². The van der Waals surface area contributed by atoms with Crippen LogP contribution in [0.1, 0.15) is 28.4 Å². The number of hydrogen-bond donors (Lipinski definition) is 0. The summed E-state index contributed by atoms with van der Waals surface area (Å²) in [5.74, 6) is 1.97. The van der Waals surface area contributed by atoms with Crippen LogP contribution >= 0.6 is 11.8 Å². The topological polar surface area (TPSA) is 79.1 Å². The van der Waals surface area contributed by atoms with Crippen molar-refractivity contribution in [1.29, 1.82) is 0 Å². The molecule has 0 saturated heterocycles. The van der Waals surface area contributed by atoms with Gasteiger partial charge in [0.2, 0.25) is 5.16 Å². The molecular formula is C19H20N4O3S. The molecule has 1 heterocycles. The summed E-state index contributed by atoms with van der Waals surface area (Å²) in [5.41, 5.74) is 3.40.